The maximum Gasteiger partial charge on any atom is 0.240 e. The molecule has 1 aliphatic rings. The van der Waals surface area contributed by atoms with E-state index in [4.69, 9.17) is 5.14 Å². The molecule has 1 heterocycles. The third kappa shape index (κ3) is 9.97. The van der Waals surface area contributed by atoms with Crippen LogP contribution in [0.3, 0.4) is 0 Å². The number of benzene rings is 3. The van der Waals surface area contributed by atoms with Gasteiger partial charge in [0.2, 0.25) is 26.0 Å². The van der Waals surface area contributed by atoms with Gasteiger partial charge < -0.3 is 9.80 Å². The molecule has 238 valence electrons. The van der Waals surface area contributed by atoms with E-state index in [1.54, 1.807) is 30.3 Å². The lowest BCUT2D eigenvalue weighted by molar-refractivity contribution is -0.132. The van der Waals surface area contributed by atoms with Gasteiger partial charge in [0.25, 0.3) is 0 Å². The number of hydrogen-bond donors (Lipinski definition) is 2. The van der Waals surface area contributed by atoms with Gasteiger partial charge in [0.05, 0.1) is 9.79 Å². The Morgan fingerprint density at radius 2 is 1.55 bits per heavy atom. The summed E-state index contributed by atoms with van der Waals surface area (Å²) < 4.78 is 52.0. The summed E-state index contributed by atoms with van der Waals surface area (Å²) in [5.41, 5.74) is 3.48. The third-order valence-corrected chi connectivity index (χ3v) is 10.3. The van der Waals surface area contributed by atoms with E-state index < -0.39 is 20.0 Å². The van der Waals surface area contributed by atoms with Crippen LogP contribution in [0.2, 0.25) is 0 Å². The number of nitrogens with zero attached hydrogens (tertiary/aromatic N) is 2. The minimum absolute atomic E-state index is 0.0534. The molecular weight excluding hydrogens is 597 g/mol. The van der Waals surface area contributed by atoms with Crippen LogP contribution in [0.4, 0.5) is 0 Å². The van der Waals surface area contributed by atoms with Crippen LogP contribution in [-0.2, 0) is 37.8 Å². The molecule has 1 aliphatic heterocycles. The van der Waals surface area contributed by atoms with E-state index in [0.717, 1.165) is 54.6 Å². The lowest BCUT2D eigenvalue weighted by Gasteiger charge is -2.24. The molecule has 0 spiro atoms. The highest BCUT2D eigenvalue weighted by molar-refractivity contribution is 7.89. The van der Waals surface area contributed by atoms with Gasteiger partial charge in [0.15, 0.2) is 0 Å². The number of carbonyl (C=O) groups is 1. The number of carbonyl (C=O) groups excluding carboxylic acids is 1. The molecule has 0 aliphatic carbocycles. The molecule has 9 nitrogen and oxygen atoms in total. The summed E-state index contributed by atoms with van der Waals surface area (Å²) in [6.45, 7) is 8.15. The molecule has 11 heteroatoms. The molecule has 0 aromatic heterocycles. The van der Waals surface area contributed by atoms with Crippen LogP contribution in [0.15, 0.2) is 82.6 Å². The van der Waals surface area contributed by atoms with E-state index in [1.807, 2.05) is 35.2 Å². The Bertz CT molecular complexity index is 1620. The summed E-state index contributed by atoms with van der Waals surface area (Å²) in [6, 6.07) is 21.2. The summed E-state index contributed by atoms with van der Waals surface area (Å²) in [5.74, 6) is 0.450. The van der Waals surface area contributed by atoms with Crippen LogP contribution in [0.1, 0.15) is 50.7 Å². The second-order valence-corrected chi connectivity index (χ2v) is 15.2. The van der Waals surface area contributed by atoms with E-state index in [0.29, 0.717) is 44.9 Å². The normalized spacial score (nSPS) is 14.3. The zero-order chi connectivity index (χ0) is 31.7. The monoisotopic (exact) mass is 640 g/mol. The number of nitrogens with one attached hydrogen (secondary N) is 1. The summed E-state index contributed by atoms with van der Waals surface area (Å²) in [4.78, 5) is 17.7. The van der Waals surface area contributed by atoms with Gasteiger partial charge in [0.1, 0.15) is 0 Å². The number of primary sulfonamides is 1. The molecule has 0 bridgehead atoms. The van der Waals surface area contributed by atoms with Gasteiger partial charge in [-0.2, -0.15) is 0 Å². The molecule has 4 rings (SSSR count). The average Bonchev–Trinajstić information content (AvgIpc) is 3.51. The van der Waals surface area contributed by atoms with E-state index in [1.165, 1.54) is 12.1 Å². The number of hydrogen-bond acceptors (Lipinski definition) is 6. The summed E-state index contributed by atoms with van der Waals surface area (Å²) in [7, 11) is -7.42. The number of nitrogens with two attached hydrogens (primary N) is 1. The van der Waals surface area contributed by atoms with Crippen molar-refractivity contribution in [3.8, 4) is 11.1 Å². The van der Waals surface area contributed by atoms with Crippen LogP contribution in [0, 0.1) is 5.92 Å². The minimum atomic E-state index is -3.77. The maximum absolute atomic E-state index is 13.3. The maximum atomic E-state index is 13.3. The van der Waals surface area contributed by atoms with Gasteiger partial charge in [-0.3, -0.25) is 4.79 Å². The first-order chi connectivity index (χ1) is 20.9. The van der Waals surface area contributed by atoms with Gasteiger partial charge >= 0.3 is 0 Å². The highest BCUT2D eigenvalue weighted by atomic mass is 32.2. The molecule has 0 saturated carbocycles. The van der Waals surface area contributed by atoms with Crippen molar-refractivity contribution in [3.05, 3.63) is 83.9 Å². The summed E-state index contributed by atoms with van der Waals surface area (Å²) >= 11 is 0. The molecule has 3 aromatic carbocycles. The molecular formula is C33H44N4O5S2. The van der Waals surface area contributed by atoms with Crippen LogP contribution in [-0.4, -0.2) is 65.3 Å². The predicted octanol–water partition coefficient (Wildman–Crippen LogP) is 4.38. The Hall–Kier alpha value is -3.09. The Labute approximate surface area is 262 Å². The van der Waals surface area contributed by atoms with Gasteiger partial charge in [-0.25, -0.2) is 26.7 Å². The first-order valence-electron chi connectivity index (χ1n) is 15.2. The van der Waals surface area contributed by atoms with Crippen molar-refractivity contribution in [1.29, 1.82) is 0 Å². The zero-order valence-electron chi connectivity index (χ0n) is 25.6. The fourth-order valence-electron chi connectivity index (χ4n) is 5.31. The molecule has 1 amide bonds. The first-order valence-corrected chi connectivity index (χ1v) is 18.2. The van der Waals surface area contributed by atoms with Gasteiger partial charge in [-0.1, -0.05) is 56.3 Å². The second kappa shape index (κ2) is 15.3. The number of likely N-dealkylation sites (tertiary alicyclic amines) is 1. The summed E-state index contributed by atoms with van der Waals surface area (Å²) in [5, 5.41) is 5.22. The topological polar surface area (TPSA) is 130 Å². The van der Waals surface area contributed by atoms with Crippen molar-refractivity contribution < 1.29 is 21.6 Å². The van der Waals surface area contributed by atoms with Crippen molar-refractivity contribution in [2.45, 2.75) is 62.3 Å². The van der Waals surface area contributed by atoms with Gasteiger partial charge in [0, 0.05) is 32.6 Å². The van der Waals surface area contributed by atoms with Crippen LogP contribution < -0.4 is 9.86 Å². The van der Waals surface area contributed by atoms with Crippen molar-refractivity contribution >= 4 is 26.0 Å². The zero-order valence-corrected chi connectivity index (χ0v) is 27.2. The number of sulfonamides is 2. The molecule has 44 heavy (non-hydrogen) atoms. The van der Waals surface area contributed by atoms with Gasteiger partial charge in [-0.05, 0) is 97.3 Å². The number of amides is 1. The molecule has 3 N–H and O–H groups in total. The Morgan fingerprint density at radius 3 is 2.20 bits per heavy atom. The third-order valence-electron chi connectivity index (χ3n) is 7.91. The largest absolute Gasteiger partial charge is 0.338 e. The highest BCUT2D eigenvalue weighted by Crippen LogP contribution is 2.25. The van der Waals surface area contributed by atoms with Crippen molar-refractivity contribution in [3.63, 3.8) is 0 Å². The van der Waals surface area contributed by atoms with Crippen LogP contribution >= 0.6 is 0 Å². The quantitative estimate of drug-likeness (QED) is 0.254. The van der Waals surface area contributed by atoms with Gasteiger partial charge in [-0.15, -0.1) is 0 Å². The Balaban J connectivity index is 1.47. The number of rotatable bonds is 15. The highest BCUT2D eigenvalue weighted by Gasteiger charge is 2.18. The lowest BCUT2D eigenvalue weighted by atomic mass is 10.0. The molecule has 3 aromatic rings. The SMILES string of the molecule is CC(C)CCC(=O)N(CCc1ccc(S(N)(=O)=O)cc1)Cc1cccc(-c2cccc(S(=O)(=O)NCCN3CCCC3)c2)c1. The minimum Gasteiger partial charge on any atom is -0.338 e. The van der Waals surface area contributed by atoms with Crippen LogP contribution in [0.5, 0.6) is 0 Å². The molecule has 0 atom stereocenters. The summed E-state index contributed by atoms with van der Waals surface area (Å²) in [6.07, 6.45) is 4.10. The lowest BCUT2D eigenvalue weighted by Crippen LogP contribution is -2.33. The van der Waals surface area contributed by atoms with E-state index in [9.17, 15) is 21.6 Å². The van der Waals surface area contributed by atoms with Crippen molar-refractivity contribution in [1.82, 2.24) is 14.5 Å². The van der Waals surface area contributed by atoms with Crippen molar-refractivity contribution in [2.24, 2.45) is 11.1 Å². The smallest absolute Gasteiger partial charge is 0.240 e. The van der Waals surface area contributed by atoms with E-state index >= 15 is 0 Å². The Morgan fingerprint density at radius 1 is 0.886 bits per heavy atom. The van der Waals surface area contributed by atoms with Crippen molar-refractivity contribution in [2.75, 3.05) is 32.7 Å². The van der Waals surface area contributed by atoms with Crippen LogP contribution in [0.25, 0.3) is 11.1 Å². The fourth-order valence-corrected chi connectivity index (χ4v) is 6.89. The van der Waals surface area contributed by atoms with E-state index in [-0.39, 0.29) is 15.7 Å². The Kier molecular flexibility index (Phi) is 11.7. The molecule has 1 fully saturated rings. The molecule has 0 radical (unpaired) electrons. The average molecular weight is 641 g/mol. The predicted molar refractivity (Wildman–Crippen MR) is 174 cm³/mol. The standard InChI is InChI=1S/C33H44N4O5S2/c1-26(2)11-16-33(38)37(21-17-27-12-14-31(15-13-27)43(34,39)40)25-28-7-5-8-29(23-28)30-9-6-10-32(24-30)44(41,42)35-18-22-36-19-3-4-20-36/h5-10,12-15,23-24,26,35H,3-4,11,16-22,25H2,1-2H3,(H2,34,39,40). The fraction of sp³-hybridized carbons (Fsp3) is 0.424. The first kappa shape index (κ1) is 33.8. The molecule has 1 saturated heterocycles. The van der Waals surface area contributed by atoms with E-state index in [2.05, 4.69) is 23.5 Å². The molecule has 0 unspecified atom stereocenters. The second-order valence-electron chi connectivity index (χ2n) is 11.9.